The molecule has 0 radical (unpaired) electrons. The molecule has 0 atom stereocenters. The number of benzene rings is 3. The highest BCUT2D eigenvalue weighted by atomic mass is 16.2. The van der Waals surface area contributed by atoms with Crippen LogP contribution < -0.4 is 10.2 Å². The highest BCUT2D eigenvalue weighted by Gasteiger charge is 2.24. The van der Waals surface area contributed by atoms with Crippen LogP contribution in [-0.2, 0) is 0 Å². The van der Waals surface area contributed by atoms with Gasteiger partial charge in [-0.1, -0.05) is 42.5 Å². The van der Waals surface area contributed by atoms with Gasteiger partial charge in [0.05, 0.1) is 11.3 Å². The van der Waals surface area contributed by atoms with Crippen LogP contribution in [0.4, 0.5) is 17.1 Å². The van der Waals surface area contributed by atoms with Crippen LogP contribution in [-0.4, -0.2) is 37.0 Å². The molecule has 1 aliphatic rings. The first kappa shape index (κ1) is 19.1. The van der Waals surface area contributed by atoms with Crippen molar-refractivity contribution in [3.8, 4) is 0 Å². The molecule has 4 rings (SSSR count). The van der Waals surface area contributed by atoms with Gasteiger partial charge in [0.2, 0.25) is 0 Å². The summed E-state index contributed by atoms with van der Waals surface area (Å²) < 4.78 is 0. The molecular weight excluding hydrogens is 358 g/mol. The number of anilines is 3. The Bertz CT molecular complexity index is 992. The minimum absolute atomic E-state index is 0.0876. The van der Waals surface area contributed by atoms with Crippen molar-refractivity contribution < 1.29 is 4.79 Å². The molecule has 4 nitrogen and oxygen atoms in total. The predicted octanol–water partition coefficient (Wildman–Crippen LogP) is 5.01. The highest BCUT2D eigenvalue weighted by Crippen LogP contribution is 2.26. The summed E-state index contributed by atoms with van der Waals surface area (Å²) in [5.74, 6) is 0.0876. The van der Waals surface area contributed by atoms with E-state index in [1.54, 1.807) is 0 Å². The third-order valence-corrected chi connectivity index (χ3v) is 5.69. The molecule has 0 bridgehead atoms. The van der Waals surface area contributed by atoms with Gasteiger partial charge in [0.15, 0.2) is 0 Å². The van der Waals surface area contributed by atoms with Crippen LogP contribution in [0.2, 0.25) is 0 Å². The highest BCUT2D eigenvalue weighted by molar-refractivity contribution is 6.00. The average Bonchev–Trinajstić information content (AvgIpc) is 2.76. The molecule has 0 spiro atoms. The van der Waals surface area contributed by atoms with Crippen LogP contribution in [0.25, 0.3) is 0 Å². The molecule has 4 heteroatoms. The van der Waals surface area contributed by atoms with Gasteiger partial charge in [-0.05, 0) is 55.3 Å². The van der Waals surface area contributed by atoms with Gasteiger partial charge < -0.3 is 15.1 Å². The Hall–Kier alpha value is -3.27. The van der Waals surface area contributed by atoms with E-state index in [-0.39, 0.29) is 5.91 Å². The van der Waals surface area contributed by atoms with Crippen molar-refractivity contribution >= 4 is 23.0 Å². The zero-order valence-corrected chi connectivity index (χ0v) is 17.1. The fourth-order valence-electron chi connectivity index (χ4n) is 3.85. The first-order chi connectivity index (χ1) is 14.1. The summed E-state index contributed by atoms with van der Waals surface area (Å²) in [6.07, 6.45) is 0. The molecule has 1 saturated heterocycles. The molecule has 0 aliphatic carbocycles. The summed E-state index contributed by atoms with van der Waals surface area (Å²) in [6.45, 7) is 7.48. The van der Waals surface area contributed by atoms with E-state index < -0.39 is 0 Å². The van der Waals surface area contributed by atoms with Crippen molar-refractivity contribution in [2.45, 2.75) is 13.8 Å². The third kappa shape index (κ3) is 4.11. The van der Waals surface area contributed by atoms with Crippen molar-refractivity contribution in [3.63, 3.8) is 0 Å². The number of hydrogen-bond acceptors (Lipinski definition) is 3. The van der Waals surface area contributed by atoms with Crippen LogP contribution in [0.15, 0.2) is 72.8 Å². The lowest BCUT2D eigenvalue weighted by molar-refractivity contribution is 0.0748. The molecule has 0 unspecified atom stereocenters. The average molecular weight is 386 g/mol. The number of para-hydroxylation sites is 2. The topological polar surface area (TPSA) is 35.6 Å². The molecule has 1 amide bonds. The number of rotatable bonds is 4. The number of piperazine rings is 1. The molecule has 1 N–H and O–H groups in total. The van der Waals surface area contributed by atoms with Gasteiger partial charge >= 0.3 is 0 Å². The second-order valence-electron chi connectivity index (χ2n) is 7.53. The molecule has 0 saturated carbocycles. The van der Waals surface area contributed by atoms with Gasteiger partial charge in [0, 0.05) is 37.6 Å². The maximum Gasteiger partial charge on any atom is 0.256 e. The van der Waals surface area contributed by atoms with Crippen molar-refractivity contribution in [1.82, 2.24) is 4.90 Å². The first-order valence-corrected chi connectivity index (χ1v) is 10.1. The molecule has 0 aromatic heterocycles. The molecular formula is C25H27N3O. The lowest BCUT2D eigenvalue weighted by atomic mass is 10.1. The largest absolute Gasteiger partial charge is 0.368 e. The molecule has 1 fully saturated rings. The van der Waals surface area contributed by atoms with Gasteiger partial charge in [-0.3, -0.25) is 4.79 Å². The van der Waals surface area contributed by atoms with Crippen LogP contribution in [0.1, 0.15) is 21.5 Å². The number of aryl methyl sites for hydroxylation is 1. The van der Waals surface area contributed by atoms with E-state index >= 15 is 0 Å². The third-order valence-electron chi connectivity index (χ3n) is 5.69. The van der Waals surface area contributed by atoms with E-state index in [1.165, 1.54) is 16.8 Å². The number of hydrogen-bond donors (Lipinski definition) is 1. The second kappa shape index (κ2) is 8.39. The SMILES string of the molecule is Cc1cccc(N2CCN(C(=O)c3ccccc3Nc3ccccc3)CC2)c1C. The Balaban J connectivity index is 1.47. The summed E-state index contributed by atoms with van der Waals surface area (Å²) in [5, 5.41) is 3.38. The molecule has 148 valence electrons. The maximum atomic E-state index is 13.2. The van der Waals surface area contributed by atoms with Crippen molar-refractivity contribution in [1.29, 1.82) is 0 Å². The summed E-state index contributed by atoms with van der Waals surface area (Å²) in [6, 6.07) is 24.2. The second-order valence-corrected chi connectivity index (χ2v) is 7.53. The van der Waals surface area contributed by atoms with Crippen molar-refractivity contribution in [3.05, 3.63) is 89.5 Å². The number of nitrogens with zero attached hydrogens (tertiary/aromatic N) is 2. The van der Waals surface area contributed by atoms with E-state index in [0.717, 1.165) is 43.1 Å². The monoisotopic (exact) mass is 385 g/mol. The Morgan fingerprint density at radius 1 is 0.793 bits per heavy atom. The molecule has 3 aromatic carbocycles. The van der Waals surface area contributed by atoms with Crippen molar-refractivity contribution in [2.75, 3.05) is 36.4 Å². The standard InChI is InChI=1S/C25H27N3O/c1-19-9-8-14-24(20(19)2)27-15-17-28(18-16-27)25(29)22-12-6-7-13-23(22)26-21-10-4-3-5-11-21/h3-14,26H,15-18H2,1-2H3. The lowest BCUT2D eigenvalue weighted by Crippen LogP contribution is -2.49. The van der Waals surface area contributed by atoms with Gasteiger partial charge in [0.1, 0.15) is 0 Å². The number of amides is 1. The molecule has 29 heavy (non-hydrogen) atoms. The van der Waals surface area contributed by atoms with E-state index in [2.05, 4.69) is 42.3 Å². The van der Waals surface area contributed by atoms with Gasteiger partial charge in [0.25, 0.3) is 5.91 Å². The van der Waals surface area contributed by atoms with Crippen LogP contribution in [0, 0.1) is 13.8 Å². The van der Waals surface area contributed by atoms with Crippen LogP contribution >= 0.6 is 0 Å². The maximum absolute atomic E-state index is 13.2. The fraction of sp³-hybridized carbons (Fsp3) is 0.240. The smallest absolute Gasteiger partial charge is 0.256 e. The van der Waals surface area contributed by atoms with Crippen LogP contribution in [0.3, 0.4) is 0 Å². The minimum Gasteiger partial charge on any atom is -0.368 e. The van der Waals surface area contributed by atoms with E-state index in [0.29, 0.717) is 0 Å². The predicted molar refractivity (Wildman–Crippen MR) is 120 cm³/mol. The molecule has 1 heterocycles. The zero-order valence-electron chi connectivity index (χ0n) is 17.1. The van der Waals surface area contributed by atoms with Gasteiger partial charge in [-0.15, -0.1) is 0 Å². The van der Waals surface area contributed by atoms with Gasteiger partial charge in [-0.2, -0.15) is 0 Å². The minimum atomic E-state index is 0.0876. The lowest BCUT2D eigenvalue weighted by Gasteiger charge is -2.37. The van der Waals surface area contributed by atoms with Crippen LogP contribution in [0.5, 0.6) is 0 Å². The van der Waals surface area contributed by atoms with Gasteiger partial charge in [-0.25, -0.2) is 0 Å². The molecule has 1 aliphatic heterocycles. The Labute approximate surface area is 172 Å². The fourth-order valence-corrected chi connectivity index (χ4v) is 3.85. The normalized spacial score (nSPS) is 14.0. The Kier molecular flexibility index (Phi) is 5.52. The molecule has 3 aromatic rings. The van der Waals surface area contributed by atoms with E-state index in [9.17, 15) is 4.79 Å². The zero-order chi connectivity index (χ0) is 20.2. The Morgan fingerprint density at radius 3 is 2.24 bits per heavy atom. The van der Waals surface area contributed by atoms with E-state index in [1.807, 2.05) is 59.5 Å². The first-order valence-electron chi connectivity index (χ1n) is 10.1. The summed E-state index contributed by atoms with van der Waals surface area (Å²) >= 11 is 0. The van der Waals surface area contributed by atoms with Crippen molar-refractivity contribution in [2.24, 2.45) is 0 Å². The van der Waals surface area contributed by atoms with E-state index in [4.69, 9.17) is 0 Å². The number of nitrogens with one attached hydrogen (secondary N) is 1. The summed E-state index contributed by atoms with van der Waals surface area (Å²) in [5.41, 5.74) is 6.46. The Morgan fingerprint density at radius 2 is 1.48 bits per heavy atom. The summed E-state index contributed by atoms with van der Waals surface area (Å²) in [4.78, 5) is 17.6. The quantitative estimate of drug-likeness (QED) is 0.686. The number of carbonyl (C=O) groups excluding carboxylic acids is 1. The summed E-state index contributed by atoms with van der Waals surface area (Å²) in [7, 11) is 0. The number of carbonyl (C=O) groups is 1.